The zero-order valence-electron chi connectivity index (χ0n) is 13.8. The molecule has 2 aromatic carbocycles. The van der Waals surface area contributed by atoms with Gasteiger partial charge >= 0.3 is 6.04 Å². The van der Waals surface area contributed by atoms with Crippen molar-refractivity contribution in [2.24, 2.45) is 10.1 Å². The van der Waals surface area contributed by atoms with E-state index in [9.17, 15) is 10.2 Å². The first kappa shape index (κ1) is 16.3. The van der Waals surface area contributed by atoms with Crippen LogP contribution in [0, 0.1) is 5.39 Å². The van der Waals surface area contributed by atoms with Gasteiger partial charge in [0.25, 0.3) is 5.91 Å². The van der Waals surface area contributed by atoms with Crippen molar-refractivity contribution in [2.45, 2.75) is 13.0 Å². The van der Waals surface area contributed by atoms with Gasteiger partial charge in [0, 0.05) is 5.56 Å². The molecular formula is C18H16N5O2+. The van der Waals surface area contributed by atoms with Gasteiger partial charge < -0.3 is 4.74 Å². The molecule has 7 heteroatoms. The zero-order valence-corrected chi connectivity index (χ0v) is 13.8. The van der Waals surface area contributed by atoms with E-state index in [1.54, 1.807) is 38.3 Å². The van der Waals surface area contributed by atoms with Crippen LogP contribution in [-0.4, -0.2) is 30.6 Å². The van der Waals surface area contributed by atoms with Crippen molar-refractivity contribution in [3.63, 3.8) is 0 Å². The van der Waals surface area contributed by atoms with Crippen LogP contribution in [0.5, 0.6) is 5.75 Å². The fourth-order valence-corrected chi connectivity index (χ4v) is 2.47. The van der Waals surface area contributed by atoms with Crippen molar-refractivity contribution in [1.29, 1.82) is 5.39 Å². The number of nitrogens with zero attached hydrogens (tertiary/aromatic N) is 5. The van der Waals surface area contributed by atoms with Crippen molar-refractivity contribution < 1.29 is 9.53 Å². The number of benzene rings is 2. The van der Waals surface area contributed by atoms with Gasteiger partial charge in [0.2, 0.25) is 11.2 Å². The molecule has 1 amide bonds. The van der Waals surface area contributed by atoms with E-state index in [2.05, 4.69) is 15.1 Å². The molecule has 2 aromatic rings. The summed E-state index contributed by atoms with van der Waals surface area (Å²) < 4.78 is 5.08. The van der Waals surface area contributed by atoms with Gasteiger partial charge in [-0.05, 0) is 43.3 Å². The molecule has 0 N–H and O–H groups in total. The van der Waals surface area contributed by atoms with E-state index in [4.69, 9.17) is 4.74 Å². The van der Waals surface area contributed by atoms with Crippen molar-refractivity contribution in [3.05, 3.63) is 65.1 Å². The molecule has 0 radical (unpaired) electrons. The van der Waals surface area contributed by atoms with Gasteiger partial charge in [-0.15, -0.1) is 0 Å². The molecule has 1 aliphatic rings. The van der Waals surface area contributed by atoms with Crippen LogP contribution in [0.15, 0.2) is 64.7 Å². The number of carbonyl (C=O) groups is 1. The summed E-state index contributed by atoms with van der Waals surface area (Å²) >= 11 is 0. The molecule has 0 saturated heterocycles. The third-order valence-corrected chi connectivity index (χ3v) is 3.78. The topological polar surface area (TPSA) is 82.4 Å². The van der Waals surface area contributed by atoms with Gasteiger partial charge in [-0.1, -0.05) is 18.2 Å². The molecular weight excluding hydrogens is 318 g/mol. The number of carbonyl (C=O) groups excluding carboxylic acids is 1. The minimum absolute atomic E-state index is 0.256. The van der Waals surface area contributed by atoms with Crippen LogP contribution in [0.2, 0.25) is 0 Å². The Morgan fingerprint density at radius 1 is 1.20 bits per heavy atom. The Morgan fingerprint density at radius 2 is 1.88 bits per heavy atom. The van der Waals surface area contributed by atoms with Crippen LogP contribution in [0.3, 0.4) is 0 Å². The van der Waals surface area contributed by atoms with Crippen molar-refractivity contribution in [3.8, 4) is 5.75 Å². The van der Waals surface area contributed by atoms with Crippen molar-refractivity contribution in [1.82, 2.24) is 0 Å². The van der Waals surface area contributed by atoms with Gasteiger partial charge in [-0.25, -0.2) is 5.01 Å². The molecule has 1 aliphatic heterocycles. The van der Waals surface area contributed by atoms with Crippen LogP contribution < -0.4 is 9.75 Å². The first-order chi connectivity index (χ1) is 12.1. The Balaban J connectivity index is 1.97. The predicted molar refractivity (Wildman–Crippen MR) is 95.7 cm³/mol. The highest BCUT2D eigenvalue weighted by molar-refractivity contribution is 6.24. The molecule has 0 saturated carbocycles. The first-order valence-corrected chi connectivity index (χ1v) is 7.65. The van der Waals surface area contributed by atoms with Crippen LogP contribution in [0.25, 0.3) is 4.98 Å². The number of amidine groups is 1. The highest BCUT2D eigenvalue weighted by atomic mass is 16.5. The fourth-order valence-electron chi connectivity index (χ4n) is 2.47. The third-order valence-electron chi connectivity index (χ3n) is 3.78. The quantitative estimate of drug-likeness (QED) is 0.806. The summed E-state index contributed by atoms with van der Waals surface area (Å²) in [4.78, 5) is 20.0. The zero-order chi connectivity index (χ0) is 17.8. The van der Waals surface area contributed by atoms with Gasteiger partial charge in [-0.2, -0.15) is 10.1 Å². The Labute approximate surface area is 144 Å². The average Bonchev–Trinajstić information content (AvgIpc) is 2.97. The molecule has 0 bridgehead atoms. The Bertz CT molecular complexity index is 882. The number of anilines is 1. The summed E-state index contributed by atoms with van der Waals surface area (Å²) in [6.07, 6.45) is 0. The first-order valence-electron chi connectivity index (χ1n) is 7.65. The molecule has 7 nitrogen and oxygen atoms in total. The van der Waals surface area contributed by atoms with Crippen LogP contribution in [0.1, 0.15) is 17.3 Å². The summed E-state index contributed by atoms with van der Waals surface area (Å²) in [6.45, 7) is 1.72. The maximum atomic E-state index is 12.5. The number of hydrogen-bond donors (Lipinski definition) is 0. The molecule has 1 atom stereocenters. The Morgan fingerprint density at radius 3 is 2.48 bits per heavy atom. The molecule has 25 heavy (non-hydrogen) atoms. The van der Waals surface area contributed by atoms with E-state index in [0.29, 0.717) is 17.0 Å². The van der Waals surface area contributed by atoms with Gasteiger partial charge in [0.1, 0.15) is 16.4 Å². The normalized spacial score (nSPS) is 18.0. The standard InChI is InChI=1S/C18H16N5O2/c1-12-16(21-19)17(23(22-12)14-6-4-3-5-7-14)20-18(24)13-8-10-15(25-2)11-9-13/h3-11,16H,1-2H3/q+1. The number of hydrazone groups is 1. The molecule has 0 aliphatic carbocycles. The highest BCUT2D eigenvalue weighted by Gasteiger charge is 2.43. The summed E-state index contributed by atoms with van der Waals surface area (Å²) in [7, 11) is 1.56. The Kier molecular flexibility index (Phi) is 4.53. The van der Waals surface area contributed by atoms with Crippen molar-refractivity contribution in [2.75, 3.05) is 12.1 Å². The third kappa shape index (κ3) is 3.23. The van der Waals surface area contributed by atoms with Gasteiger partial charge in [0.15, 0.2) is 0 Å². The lowest BCUT2D eigenvalue weighted by atomic mass is 10.2. The van der Waals surface area contributed by atoms with E-state index in [1.807, 2.05) is 30.3 Å². The smallest absolute Gasteiger partial charge is 0.411 e. The fraction of sp³-hybridized carbons (Fsp3) is 0.167. The maximum absolute atomic E-state index is 12.5. The van der Waals surface area contributed by atoms with E-state index >= 15 is 0 Å². The number of diazo groups is 1. The molecule has 0 fully saturated rings. The monoisotopic (exact) mass is 334 g/mol. The predicted octanol–water partition coefficient (Wildman–Crippen LogP) is 3.35. The molecule has 1 unspecified atom stereocenters. The number of amides is 1. The van der Waals surface area contributed by atoms with Crippen LogP contribution in [0.4, 0.5) is 5.69 Å². The second kappa shape index (κ2) is 6.93. The van der Waals surface area contributed by atoms with E-state index in [1.165, 1.54) is 5.01 Å². The molecule has 124 valence electrons. The van der Waals surface area contributed by atoms with Crippen LogP contribution in [-0.2, 0) is 0 Å². The minimum Gasteiger partial charge on any atom is -0.497 e. The molecule has 0 aromatic heterocycles. The number of hydrogen-bond acceptors (Lipinski definition) is 4. The molecule has 0 spiro atoms. The second-order valence-corrected chi connectivity index (χ2v) is 5.41. The number of para-hydroxylation sites is 1. The second-order valence-electron chi connectivity index (χ2n) is 5.41. The SMILES string of the molecule is COc1ccc(C(=O)N=C2C([N+]#N)C(C)=NN2c2ccccc2)cc1. The maximum Gasteiger partial charge on any atom is 0.411 e. The summed E-state index contributed by atoms with van der Waals surface area (Å²) in [6, 6.07) is 15.1. The lowest BCUT2D eigenvalue weighted by molar-refractivity contribution is 0.100. The summed E-state index contributed by atoms with van der Waals surface area (Å²) in [5.41, 5.74) is 1.68. The minimum atomic E-state index is -0.776. The lowest BCUT2D eigenvalue weighted by Gasteiger charge is -2.13. The number of ether oxygens (including phenoxy) is 1. The highest BCUT2D eigenvalue weighted by Crippen LogP contribution is 2.23. The largest absolute Gasteiger partial charge is 0.497 e. The van der Waals surface area contributed by atoms with Gasteiger partial charge in [0.05, 0.1) is 12.8 Å². The summed E-state index contributed by atoms with van der Waals surface area (Å²) in [5.74, 6) is 0.461. The molecule has 3 rings (SSSR count). The number of aliphatic imine (C=N–C) groups is 1. The number of methoxy groups -OCH3 is 1. The number of rotatable bonds is 3. The Hall–Kier alpha value is -3.53. The van der Waals surface area contributed by atoms with E-state index in [0.717, 1.165) is 5.69 Å². The average molecular weight is 334 g/mol. The van der Waals surface area contributed by atoms with Crippen molar-refractivity contribution >= 4 is 23.1 Å². The van der Waals surface area contributed by atoms with E-state index < -0.39 is 11.9 Å². The van der Waals surface area contributed by atoms with Gasteiger partial charge in [-0.3, -0.25) is 4.79 Å². The summed E-state index contributed by atoms with van der Waals surface area (Å²) in [5, 5.41) is 15.2. The van der Waals surface area contributed by atoms with Crippen LogP contribution >= 0.6 is 0 Å². The van der Waals surface area contributed by atoms with E-state index in [-0.39, 0.29) is 5.84 Å². The lowest BCUT2D eigenvalue weighted by Crippen LogP contribution is -2.30. The molecule has 1 heterocycles.